The van der Waals surface area contributed by atoms with Gasteiger partial charge < -0.3 is 11.1 Å². The highest BCUT2D eigenvalue weighted by molar-refractivity contribution is 6.15. The molecule has 3 N–H and O–H groups in total. The molecule has 0 aromatic heterocycles. The smallest absolute Gasteiger partial charge is 0.148 e. The number of rotatable bonds is 2. The lowest BCUT2D eigenvalue weighted by Gasteiger charge is -2.28. The van der Waals surface area contributed by atoms with Crippen molar-refractivity contribution < 1.29 is 0 Å². The number of anilines is 1. The van der Waals surface area contributed by atoms with Crippen LogP contribution in [-0.2, 0) is 0 Å². The number of nitrogens with one attached hydrogen (secondary N) is 1. The maximum absolute atomic E-state index is 6.59. The third-order valence-electron chi connectivity index (χ3n) is 8.01. The monoisotopic (exact) mass is 499 g/mol. The highest BCUT2D eigenvalue weighted by atomic mass is 15.1. The molecule has 184 valence electrons. The van der Waals surface area contributed by atoms with Crippen LogP contribution >= 0.6 is 0 Å². The van der Waals surface area contributed by atoms with E-state index in [1.807, 2.05) is 18.2 Å². The predicted molar refractivity (Wildman–Crippen MR) is 165 cm³/mol. The number of fused-ring (bicyclic) bond motifs is 5. The molecule has 7 aromatic carbocycles. The van der Waals surface area contributed by atoms with E-state index in [1.165, 1.54) is 54.2 Å². The Morgan fingerprint density at radius 1 is 0.513 bits per heavy atom. The van der Waals surface area contributed by atoms with E-state index in [1.54, 1.807) is 0 Å². The molecule has 1 unspecified atom stereocenters. The summed E-state index contributed by atoms with van der Waals surface area (Å²) in [6, 6.07) is 45.4. The van der Waals surface area contributed by atoms with E-state index in [9.17, 15) is 0 Å². The maximum Gasteiger partial charge on any atom is 0.148 e. The van der Waals surface area contributed by atoms with Crippen molar-refractivity contribution in [2.24, 2.45) is 10.7 Å². The van der Waals surface area contributed by atoms with Crippen molar-refractivity contribution in [3.63, 3.8) is 0 Å². The summed E-state index contributed by atoms with van der Waals surface area (Å²) < 4.78 is 0. The molecule has 0 saturated heterocycles. The molecule has 0 amide bonds. The van der Waals surface area contributed by atoms with Gasteiger partial charge in [0.05, 0.1) is 0 Å². The quantitative estimate of drug-likeness (QED) is 0.234. The Morgan fingerprint density at radius 2 is 1.08 bits per heavy atom. The lowest BCUT2D eigenvalue weighted by molar-refractivity contribution is 0.835. The summed E-state index contributed by atoms with van der Waals surface area (Å²) >= 11 is 0. The second-order valence-corrected chi connectivity index (χ2v) is 10.2. The van der Waals surface area contributed by atoms with Gasteiger partial charge in [-0.15, -0.1) is 0 Å². The van der Waals surface area contributed by atoms with Crippen LogP contribution in [0.25, 0.3) is 54.2 Å². The first-order chi connectivity index (χ1) is 19.2. The van der Waals surface area contributed by atoms with Gasteiger partial charge in [0.15, 0.2) is 0 Å². The standard InChI is InChI=1S/C36H25N3/c37-35-29-15-7-8-16-32(29)38-36(39-35)34-30(18-17-26-19-22-9-1-2-10-23(22)21-31(26)34)33-27-13-5-3-11-24(27)20-25-12-4-6-14-28(25)33/h1-21,36,38H,(H2,37,39). The van der Waals surface area contributed by atoms with Crippen LogP contribution in [0.4, 0.5) is 5.69 Å². The summed E-state index contributed by atoms with van der Waals surface area (Å²) in [5.41, 5.74) is 12.1. The summed E-state index contributed by atoms with van der Waals surface area (Å²) in [6.45, 7) is 0. The molecule has 0 bridgehead atoms. The van der Waals surface area contributed by atoms with Crippen molar-refractivity contribution in [3.8, 4) is 11.1 Å². The second kappa shape index (κ2) is 8.44. The van der Waals surface area contributed by atoms with Crippen molar-refractivity contribution in [2.45, 2.75) is 6.17 Å². The third kappa shape index (κ3) is 3.40. The molecule has 3 nitrogen and oxygen atoms in total. The van der Waals surface area contributed by atoms with Crippen LogP contribution in [0.3, 0.4) is 0 Å². The number of hydrogen-bond acceptors (Lipinski definition) is 3. The van der Waals surface area contributed by atoms with Gasteiger partial charge in [0.1, 0.15) is 12.0 Å². The van der Waals surface area contributed by atoms with Gasteiger partial charge in [-0.05, 0) is 84.5 Å². The molecule has 0 saturated carbocycles. The van der Waals surface area contributed by atoms with Crippen LogP contribution in [0, 0.1) is 0 Å². The predicted octanol–water partition coefficient (Wildman–Crippen LogP) is 8.80. The molecule has 39 heavy (non-hydrogen) atoms. The summed E-state index contributed by atoms with van der Waals surface area (Å²) in [6.07, 6.45) is -0.336. The van der Waals surface area contributed by atoms with Crippen molar-refractivity contribution in [1.82, 2.24) is 0 Å². The SMILES string of the molecule is NC1=NC(c2c(-c3c4ccccc4cc4ccccc34)ccc3cc4ccccc4cc23)Nc2ccccc21. The zero-order valence-corrected chi connectivity index (χ0v) is 21.2. The molecular weight excluding hydrogens is 474 g/mol. The first-order valence-corrected chi connectivity index (χ1v) is 13.3. The van der Waals surface area contributed by atoms with E-state index in [0.717, 1.165) is 16.8 Å². The number of nitrogens with two attached hydrogens (primary N) is 1. The molecule has 1 atom stereocenters. The van der Waals surface area contributed by atoms with Crippen LogP contribution in [-0.4, -0.2) is 5.84 Å². The summed E-state index contributed by atoms with van der Waals surface area (Å²) in [5.74, 6) is 0.556. The fourth-order valence-corrected chi connectivity index (χ4v) is 6.21. The van der Waals surface area contributed by atoms with Crippen molar-refractivity contribution in [1.29, 1.82) is 0 Å². The number of amidine groups is 1. The van der Waals surface area contributed by atoms with Gasteiger partial charge in [-0.25, -0.2) is 4.99 Å². The first-order valence-electron chi connectivity index (χ1n) is 13.3. The van der Waals surface area contributed by atoms with Gasteiger partial charge in [0.25, 0.3) is 0 Å². The molecule has 0 spiro atoms. The Morgan fingerprint density at radius 3 is 1.82 bits per heavy atom. The molecular formula is C36H25N3. The van der Waals surface area contributed by atoms with Crippen LogP contribution in [0.1, 0.15) is 17.3 Å². The summed E-state index contributed by atoms with van der Waals surface area (Å²) in [7, 11) is 0. The fraction of sp³-hybridized carbons (Fsp3) is 0.0278. The Bertz CT molecular complexity index is 2070. The Balaban J connectivity index is 1.52. The molecule has 0 fully saturated rings. The number of para-hydroxylation sites is 1. The van der Waals surface area contributed by atoms with E-state index in [2.05, 4.69) is 115 Å². The number of nitrogens with zero attached hydrogens (tertiary/aromatic N) is 1. The van der Waals surface area contributed by atoms with Crippen LogP contribution in [0.2, 0.25) is 0 Å². The molecule has 7 aromatic rings. The summed E-state index contributed by atoms with van der Waals surface area (Å²) in [5, 5.41) is 13.4. The van der Waals surface area contributed by atoms with E-state index in [-0.39, 0.29) is 6.17 Å². The highest BCUT2D eigenvalue weighted by Crippen LogP contribution is 2.44. The molecule has 1 aliphatic rings. The van der Waals surface area contributed by atoms with Gasteiger partial charge in [-0.2, -0.15) is 0 Å². The largest absolute Gasteiger partial charge is 0.383 e. The van der Waals surface area contributed by atoms with Crippen molar-refractivity contribution in [2.75, 3.05) is 5.32 Å². The molecule has 8 rings (SSSR count). The van der Waals surface area contributed by atoms with E-state index in [4.69, 9.17) is 10.7 Å². The minimum absolute atomic E-state index is 0.336. The van der Waals surface area contributed by atoms with Crippen LogP contribution in [0.5, 0.6) is 0 Å². The Hall–Kier alpha value is -5.15. The van der Waals surface area contributed by atoms with Crippen LogP contribution < -0.4 is 11.1 Å². The number of hydrogen-bond donors (Lipinski definition) is 2. The van der Waals surface area contributed by atoms with Gasteiger partial charge in [-0.3, -0.25) is 0 Å². The second-order valence-electron chi connectivity index (χ2n) is 10.2. The van der Waals surface area contributed by atoms with E-state index < -0.39 is 0 Å². The van der Waals surface area contributed by atoms with Crippen molar-refractivity contribution in [3.05, 3.63) is 139 Å². The molecule has 0 aliphatic carbocycles. The topological polar surface area (TPSA) is 50.4 Å². The minimum Gasteiger partial charge on any atom is -0.383 e. The van der Waals surface area contributed by atoms with Crippen LogP contribution in [0.15, 0.2) is 132 Å². The number of aliphatic imine (C=N–C) groups is 1. The average Bonchev–Trinajstić information content (AvgIpc) is 2.98. The normalized spacial score (nSPS) is 14.9. The third-order valence-corrected chi connectivity index (χ3v) is 8.01. The minimum atomic E-state index is -0.336. The lowest BCUT2D eigenvalue weighted by atomic mass is 9.86. The lowest BCUT2D eigenvalue weighted by Crippen LogP contribution is -2.25. The van der Waals surface area contributed by atoms with Gasteiger partial charge >= 0.3 is 0 Å². The fourth-order valence-electron chi connectivity index (χ4n) is 6.21. The maximum atomic E-state index is 6.59. The summed E-state index contributed by atoms with van der Waals surface area (Å²) in [4.78, 5) is 5.05. The zero-order chi connectivity index (χ0) is 25.9. The van der Waals surface area contributed by atoms with Gasteiger partial charge in [-0.1, -0.05) is 97.1 Å². The molecule has 0 radical (unpaired) electrons. The van der Waals surface area contributed by atoms with Gasteiger partial charge in [0.2, 0.25) is 0 Å². The first kappa shape index (κ1) is 21.9. The van der Waals surface area contributed by atoms with Crippen molar-refractivity contribution >= 4 is 54.6 Å². The Labute approximate surface area is 226 Å². The molecule has 3 heteroatoms. The molecule has 1 heterocycles. The van der Waals surface area contributed by atoms with E-state index in [0.29, 0.717) is 5.84 Å². The van der Waals surface area contributed by atoms with E-state index >= 15 is 0 Å². The average molecular weight is 500 g/mol. The van der Waals surface area contributed by atoms with Gasteiger partial charge in [0, 0.05) is 16.8 Å². The molecule has 1 aliphatic heterocycles. The highest BCUT2D eigenvalue weighted by Gasteiger charge is 2.26. The Kier molecular flexibility index (Phi) is 4.74. The number of benzene rings is 7. The zero-order valence-electron chi connectivity index (χ0n) is 21.2.